The molecule has 0 fully saturated rings. The van der Waals surface area contributed by atoms with Gasteiger partial charge in [0.2, 0.25) is 0 Å². The average Bonchev–Trinajstić information content (AvgIpc) is 2.23. The molecule has 0 aliphatic carbocycles. The van der Waals surface area contributed by atoms with Crippen LogP contribution in [-0.2, 0) is 16.0 Å². The number of halogens is 1. The van der Waals surface area contributed by atoms with E-state index in [1.165, 1.54) is 6.07 Å². The van der Waals surface area contributed by atoms with Crippen molar-refractivity contribution in [2.75, 3.05) is 6.61 Å². The maximum absolute atomic E-state index is 13.1. The molecule has 0 aromatic heterocycles. The van der Waals surface area contributed by atoms with Crippen molar-refractivity contribution in [1.82, 2.24) is 0 Å². The molecule has 1 aromatic carbocycles. The maximum atomic E-state index is 13.1. The highest BCUT2D eigenvalue weighted by atomic mass is 19.1. The molecule has 0 spiro atoms. The van der Waals surface area contributed by atoms with Gasteiger partial charge in [0.1, 0.15) is 6.07 Å². The molecule has 16 heavy (non-hydrogen) atoms. The predicted octanol–water partition coefficient (Wildman–Crippen LogP) is 1.51. The topological polar surface area (TPSA) is 70.3 Å². The largest absolute Gasteiger partial charge is 0.505 e. The maximum Gasteiger partial charge on any atom is 0.310 e. The molecule has 0 aliphatic rings. The summed E-state index contributed by atoms with van der Waals surface area (Å²) in [5.74, 6) is -2.11. The van der Waals surface area contributed by atoms with Crippen LogP contribution in [0.4, 0.5) is 4.39 Å². The van der Waals surface area contributed by atoms with Crippen molar-refractivity contribution in [3.05, 3.63) is 29.1 Å². The van der Waals surface area contributed by atoms with Crippen LogP contribution >= 0.6 is 0 Å². The molecule has 1 aromatic rings. The van der Waals surface area contributed by atoms with Crippen LogP contribution in [0.25, 0.3) is 0 Å². The minimum atomic E-state index is -0.977. The van der Waals surface area contributed by atoms with Gasteiger partial charge in [-0.3, -0.25) is 4.79 Å². The van der Waals surface area contributed by atoms with Gasteiger partial charge in [0.25, 0.3) is 0 Å². The van der Waals surface area contributed by atoms with Crippen molar-refractivity contribution in [3.63, 3.8) is 0 Å². The number of esters is 1. The Morgan fingerprint density at radius 2 is 2.31 bits per heavy atom. The molecule has 4 nitrogen and oxygen atoms in total. The number of carbonyl (C=O) groups excluding carboxylic acids is 1. The number of ether oxygens (including phenoxy) is 1. The minimum absolute atomic E-state index is 0.101. The van der Waals surface area contributed by atoms with Gasteiger partial charge in [-0.25, -0.2) is 4.39 Å². The third kappa shape index (κ3) is 2.70. The fraction of sp³-hybridized carbons (Fsp3) is 0.273. The quantitative estimate of drug-likeness (QED) is 0.788. The van der Waals surface area contributed by atoms with E-state index in [-0.39, 0.29) is 18.6 Å². The van der Waals surface area contributed by atoms with E-state index in [0.717, 1.165) is 6.07 Å². The first kappa shape index (κ1) is 12.0. The lowest BCUT2D eigenvalue weighted by atomic mass is 10.1. The van der Waals surface area contributed by atoms with Gasteiger partial charge in [0.05, 0.1) is 18.6 Å². The summed E-state index contributed by atoms with van der Waals surface area (Å²) in [5.41, 5.74) is 0.0493. The predicted molar refractivity (Wildman–Crippen MR) is 53.1 cm³/mol. The second-order valence-electron chi connectivity index (χ2n) is 3.07. The minimum Gasteiger partial charge on any atom is -0.505 e. The van der Waals surface area contributed by atoms with E-state index >= 15 is 0 Å². The molecule has 0 saturated heterocycles. The smallest absolute Gasteiger partial charge is 0.310 e. The zero-order chi connectivity index (χ0) is 12.1. The van der Waals surface area contributed by atoms with E-state index in [9.17, 15) is 14.3 Å². The Labute approximate surface area is 91.9 Å². The normalized spacial score (nSPS) is 9.56. The van der Waals surface area contributed by atoms with E-state index in [1.54, 1.807) is 13.0 Å². The number of hydrogen-bond donors (Lipinski definition) is 1. The van der Waals surface area contributed by atoms with Crippen LogP contribution in [0.1, 0.15) is 18.1 Å². The fourth-order valence-electron chi connectivity index (χ4n) is 1.23. The van der Waals surface area contributed by atoms with Crippen LogP contribution in [0.15, 0.2) is 12.1 Å². The number of nitriles is 1. The van der Waals surface area contributed by atoms with Crippen molar-refractivity contribution in [3.8, 4) is 11.8 Å². The zero-order valence-corrected chi connectivity index (χ0v) is 8.66. The van der Waals surface area contributed by atoms with Crippen molar-refractivity contribution in [2.45, 2.75) is 13.3 Å². The Balaban J connectivity index is 2.95. The molecule has 0 bridgehead atoms. The molecule has 0 amide bonds. The summed E-state index contributed by atoms with van der Waals surface area (Å²) in [4.78, 5) is 11.1. The van der Waals surface area contributed by atoms with Crippen LogP contribution in [0.2, 0.25) is 0 Å². The Morgan fingerprint density at radius 3 is 2.88 bits per heavy atom. The third-order valence-corrected chi connectivity index (χ3v) is 1.89. The van der Waals surface area contributed by atoms with E-state index in [4.69, 9.17) is 10.00 Å². The molecular weight excluding hydrogens is 213 g/mol. The van der Waals surface area contributed by atoms with Crippen LogP contribution < -0.4 is 0 Å². The van der Waals surface area contributed by atoms with Crippen LogP contribution in [-0.4, -0.2) is 17.7 Å². The van der Waals surface area contributed by atoms with Gasteiger partial charge in [-0.2, -0.15) is 5.26 Å². The monoisotopic (exact) mass is 223 g/mol. The van der Waals surface area contributed by atoms with Crippen molar-refractivity contribution >= 4 is 5.97 Å². The number of aromatic hydroxyl groups is 1. The fourth-order valence-corrected chi connectivity index (χ4v) is 1.23. The highest BCUT2D eigenvalue weighted by Crippen LogP contribution is 2.21. The lowest BCUT2D eigenvalue weighted by Crippen LogP contribution is -2.07. The summed E-state index contributed by atoms with van der Waals surface area (Å²) in [6.07, 6.45) is -0.101. The van der Waals surface area contributed by atoms with Gasteiger partial charge in [0.15, 0.2) is 11.6 Å². The Morgan fingerprint density at radius 1 is 1.62 bits per heavy atom. The highest BCUT2D eigenvalue weighted by molar-refractivity contribution is 5.73. The SMILES string of the molecule is CCOC(=O)Cc1cc(O)c(F)c(C#N)c1. The molecule has 0 radical (unpaired) electrons. The molecule has 0 atom stereocenters. The summed E-state index contributed by atoms with van der Waals surface area (Å²) >= 11 is 0. The summed E-state index contributed by atoms with van der Waals surface area (Å²) < 4.78 is 17.8. The molecular formula is C11H10FNO3. The molecule has 84 valence electrons. The Hall–Kier alpha value is -2.09. The van der Waals surface area contributed by atoms with Gasteiger partial charge in [-0.05, 0) is 24.6 Å². The number of carbonyl (C=O) groups is 1. The summed E-state index contributed by atoms with van der Waals surface area (Å²) in [5, 5.41) is 17.8. The third-order valence-electron chi connectivity index (χ3n) is 1.89. The van der Waals surface area contributed by atoms with Gasteiger partial charge < -0.3 is 9.84 Å². The lowest BCUT2D eigenvalue weighted by Gasteiger charge is -2.04. The molecule has 1 N–H and O–H groups in total. The van der Waals surface area contributed by atoms with Gasteiger partial charge in [-0.1, -0.05) is 0 Å². The number of phenols is 1. The van der Waals surface area contributed by atoms with Gasteiger partial charge in [0, 0.05) is 0 Å². The molecule has 1 rings (SSSR count). The molecule has 0 heterocycles. The van der Waals surface area contributed by atoms with E-state index in [1.807, 2.05) is 0 Å². The molecule has 0 aliphatic heterocycles. The summed E-state index contributed by atoms with van der Waals surface area (Å²) in [6, 6.07) is 3.91. The van der Waals surface area contributed by atoms with Crippen LogP contribution in [0.5, 0.6) is 5.75 Å². The standard InChI is InChI=1S/C11H10FNO3/c1-2-16-10(15)5-7-3-8(6-13)11(12)9(14)4-7/h3-4,14H,2,5H2,1H3. The van der Waals surface area contributed by atoms with Gasteiger partial charge in [-0.15, -0.1) is 0 Å². The number of hydrogen-bond acceptors (Lipinski definition) is 4. The number of phenolic OH excluding ortho intramolecular Hbond substituents is 1. The average molecular weight is 223 g/mol. The molecule has 5 heteroatoms. The van der Waals surface area contributed by atoms with E-state index in [0.29, 0.717) is 5.56 Å². The Kier molecular flexibility index (Phi) is 3.84. The lowest BCUT2D eigenvalue weighted by molar-refractivity contribution is -0.142. The second kappa shape index (κ2) is 5.12. The van der Waals surface area contributed by atoms with Crippen molar-refractivity contribution in [2.24, 2.45) is 0 Å². The number of nitrogens with zero attached hydrogens (tertiary/aromatic N) is 1. The first-order valence-electron chi connectivity index (χ1n) is 4.65. The summed E-state index contributed by atoms with van der Waals surface area (Å²) in [6.45, 7) is 1.91. The number of rotatable bonds is 3. The second-order valence-corrected chi connectivity index (χ2v) is 3.07. The van der Waals surface area contributed by atoms with Crippen molar-refractivity contribution < 1.29 is 19.0 Å². The van der Waals surface area contributed by atoms with Crippen molar-refractivity contribution in [1.29, 1.82) is 5.26 Å². The van der Waals surface area contributed by atoms with Crippen LogP contribution in [0.3, 0.4) is 0 Å². The van der Waals surface area contributed by atoms with Crippen LogP contribution in [0, 0.1) is 17.1 Å². The van der Waals surface area contributed by atoms with E-state index < -0.39 is 17.5 Å². The zero-order valence-electron chi connectivity index (χ0n) is 8.66. The first-order valence-corrected chi connectivity index (χ1v) is 4.65. The molecule has 0 saturated carbocycles. The number of benzene rings is 1. The highest BCUT2D eigenvalue weighted by Gasteiger charge is 2.12. The first-order chi connectivity index (χ1) is 7.58. The molecule has 0 unspecified atom stereocenters. The van der Waals surface area contributed by atoms with Gasteiger partial charge >= 0.3 is 5.97 Å². The Bertz CT molecular complexity index is 451. The van der Waals surface area contributed by atoms with E-state index in [2.05, 4.69) is 0 Å². The summed E-state index contributed by atoms with van der Waals surface area (Å²) in [7, 11) is 0.